The Morgan fingerprint density at radius 1 is 0.926 bits per heavy atom. The predicted octanol–water partition coefficient (Wildman–Crippen LogP) is 1.85. The number of amides is 2. The van der Waals surface area contributed by atoms with E-state index in [4.69, 9.17) is 0 Å². The normalized spacial score (nSPS) is 17.4. The van der Waals surface area contributed by atoms with Crippen LogP contribution in [0.5, 0.6) is 0 Å². The molecule has 4 rings (SSSR count). The zero-order valence-corrected chi connectivity index (χ0v) is 15.2. The predicted molar refractivity (Wildman–Crippen MR) is 98.7 cm³/mol. The summed E-state index contributed by atoms with van der Waals surface area (Å²) in [4.78, 5) is 51.4. The van der Waals surface area contributed by atoms with Crippen LogP contribution in [-0.4, -0.2) is 25.8 Å². The summed E-state index contributed by atoms with van der Waals surface area (Å²) in [5.41, 5.74) is 0.152. The van der Waals surface area contributed by atoms with Crippen LogP contribution in [0.15, 0.2) is 40.1 Å². The molecule has 2 heterocycles. The molecule has 27 heavy (non-hydrogen) atoms. The van der Waals surface area contributed by atoms with E-state index in [2.05, 4.69) is 0 Å². The first kappa shape index (κ1) is 17.5. The zero-order chi connectivity index (χ0) is 19.1. The van der Waals surface area contributed by atoms with Crippen LogP contribution in [0, 0.1) is 0 Å². The first-order valence-corrected chi connectivity index (χ1v) is 9.25. The number of carbonyl (C=O) groups excluding carboxylic acids is 2. The number of hydrogen-bond donors (Lipinski definition) is 0. The highest BCUT2D eigenvalue weighted by Crippen LogP contribution is 2.27. The summed E-state index contributed by atoms with van der Waals surface area (Å²) in [6, 6.07) is 6.68. The minimum Gasteiger partial charge on any atom is -0.297 e. The van der Waals surface area contributed by atoms with E-state index in [1.807, 2.05) is 0 Å². The van der Waals surface area contributed by atoms with Crippen molar-refractivity contribution in [1.82, 2.24) is 14.0 Å². The summed E-state index contributed by atoms with van der Waals surface area (Å²) in [6.07, 6.45) is 6.58. The number of benzene rings is 1. The topological polar surface area (TPSA) is 81.4 Å². The molecule has 7 nitrogen and oxygen atoms in total. The second-order valence-electron chi connectivity index (χ2n) is 7.24. The van der Waals surface area contributed by atoms with Gasteiger partial charge in [-0.2, -0.15) is 0 Å². The number of fused-ring (bicyclic) bond motifs is 1. The SMILES string of the molecule is Cn1c(=O)c(CN2C(=O)c3ccccc3C2=O)cn(C2CCCCC2)c1=O. The molecule has 1 fully saturated rings. The molecule has 1 saturated carbocycles. The van der Waals surface area contributed by atoms with Crippen molar-refractivity contribution in [2.75, 3.05) is 0 Å². The molecule has 1 aromatic heterocycles. The van der Waals surface area contributed by atoms with Gasteiger partial charge in [-0.25, -0.2) is 4.79 Å². The monoisotopic (exact) mass is 367 g/mol. The molecule has 0 saturated heterocycles. The highest BCUT2D eigenvalue weighted by Gasteiger charge is 2.35. The van der Waals surface area contributed by atoms with Crippen molar-refractivity contribution in [2.45, 2.75) is 44.7 Å². The molecule has 1 aromatic carbocycles. The van der Waals surface area contributed by atoms with Gasteiger partial charge in [-0.15, -0.1) is 0 Å². The van der Waals surface area contributed by atoms with Gasteiger partial charge in [0.25, 0.3) is 17.4 Å². The Labute approximate surface area is 155 Å². The molecule has 0 N–H and O–H groups in total. The molecule has 2 aromatic rings. The van der Waals surface area contributed by atoms with E-state index in [9.17, 15) is 19.2 Å². The second kappa shape index (κ2) is 6.64. The van der Waals surface area contributed by atoms with E-state index in [-0.39, 0.29) is 23.8 Å². The van der Waals surface area contributed by atoms with Crippen LogP contribution in [0.3, 0.4) is 0 Å². The molecule has 140 valence electrons. The molecule has 2 aliphatic rings. The van der Waals surface area contributed by atoms with Crippen molar-refractivity contribution in [2.24, 2.45) is 7.05 Å². The third-order valence-corrected chi connectivity index (χ3v) is 5.56. The summed E-state index contributed by atoms with van der Waals surface area (Å²) in [5.74, 6) is -0.818. The molecule has 0 unspecified atom stereocenters. The van der Waals surface area contributed by atoms with Crippen molar-refractivity contribution in [3.8, 4) is 0 Å². The maximum atomic E-state index is 12.6. The Hall–Kier alpha value is -2.96. The Bertz CT molecular complexity index is 1010. The summed E-state index contributed by atoms with van der Waals surface area (Å²) in [5, 5.41) is 0. The molecule has 1 aliphatic heterocycles. The number of aromatic nitrogens is 2. The van der Waals surface area contributed by atoms with Crippen molar-refractivity contribution >= 4 is 11.8 Å². The average molecular weight is 367 g/mol. The van der Waals surface area contributed by atoms with Gasteiger partial charge in [0.15, 0.2) is 0 Å². The van der Waals surface area contributed by atoms with Gasteiger partial charge in [-0.3, -0.25) is 28.4 Å². The van der Waals surface area contributed by atoms with E-state index < -0.39 is 17.4 Å². The Morgan fingerprint density at radius 3 is 2.11 bits per heavy atom. The smallest absolute Gasteiger partial charge is 0.297 e. The summed E-state index contributed by atoms with van der Waals surface area (Å²) in [6.45, 7) is -0.133. The largest absolute Gasteiger partial charge is 0.330 e. The summed E-state index contributed by atoms with van der Waals surface area (Å²) >= 11 is 0. The fraction of sp³-hybridized carbons (Fsp3) is 0.400. The fourth-order valence-electron chi connectivity index (χ4n) is 4.04. The van der Waals surface area contributed by atoms with Crippen molar-refractivity contribution in [1.29, 1.82) is 0 Å². The number of rotatable bonds is 3. The van der Waals surface area contributed by atoms with Crippen LogP contribution >= 0.6 is 0 Å². The average Bonchev–Trinajstić information content (AvgIpc) is 2.94. The van der Waals surface area contributed by atoms with Crippen LogP contribution in [0.25, 0.3) is 0 Å². The number of imide groups is 1. The zero-order valence-electron chi connectivity index (χ0n) is 15.2. The van der Waals surface area contributed by atoms with Gasteiger partial charge >= 0.3 is 5.69 Å². The van der Waals surface area contributed by atoms with Gasteiger partial charge in [-0.05, 0) is 25.0 Å². The minimum atomic E-state index is -0.469. The first-order valence-electron chi connectivity index (χ1n) is 9.25. The standard InChI is InChI=1S/C20H21N3O4/c1-21-17(24)13(11-22(20(21)27)14-7-3-2-4-8-14)12-23-18(25)15-9-5-6-10-16(15)19(23)26/h5-6,9-11,14H,2-4,7-8,12H2,1H3. The lowest BCUT2D eigenvalue weighted by Gasteiger charge is -2.25. The van der Waals surface area contributed by atoms with E-state index in [1.54, 1.807) is 35.0 Å². The molecule has 2 amide bonds. The summed E-state index contributed by atoms with van der Waals surface area (Å²) in [7, 11) is 1.44. The molecule has 0 radical (unpaired) electrons. The summed E-state index contributed by atoms with van der Waals surface area (Å²) < 4.78 is 2.68. The molecule has 1 aliphatic carbocycles. The molecule has 0 atom stereocenters. The number of nitrogens with zero attached hydrogens (tertiary/aromatic N) is 3. The minimum absolute atomic E-state index is 0.0546. The second-order valence-corrected chi connectivity index (χ2v) is 7.24. The molecule has 0 spiro atoms. The van der Waals surface area contributed by atoms with Crippen LogP contribution in [0.1, 0.15) is 64.4 Å². The fourth-order valence-corrected chi connectivity index (χ4v) is 4.04. The van der Waals surface area contributed by atoms with E-state index in [0.717, 1.165) is 41.6 Å². The highest BCUT2D eigenvalue weighted by molar-refractivity contribution is 6.21. The lowest BCUT2D eigenvalue weighted by Crippen LogP contribution is -2.43. The maximum absolute atomic E-state index is 12.6. The van der Waals surface area contributed by atoms with Crippen LogP contribution < -0.4 is 11.2 Å². The van der Waals surface area contributed by atoms with Crippen molar-refractivity contribution in [3.63, 3.8) is 0 Å². The highest BCUT2D eigenvalue weighted by atomic mass is 16.2. The molecule has 7 heteroatoms. The number of hydrogen-bond acceptors (Lipinski definition) is 4. The van der Waals surface area contributed by atoms with Crippen molar-refractivity contribution < 1.29 is 9.59 Å². The van der Waals surface area contributed by atoms with E-state index in [1.165, 1.54) is 7.05 Å². The van der Waals surface area contributed by atoms with Gasteiger partial charge in [-0.1, -0.05) is 31.4 Å². The van der Waals surface area contributed by atoms with Crippen LogP contribution in [-0.2, 0) is 13.6 Å². The first-order chi connectivity index (χ1) is 13.0. The quantitative estimate of drug-likeness (QED) is 0.776. The van der Waals surface area contributed by atoms with Crippen molar-refractivity contribution in [3.05, 3.63) is 68.0 Å². The maximum Gasteiger partial charge on any atom is 0.330 e. The van der Waals surface area contributed by atoms with Gasteiger partial charge in [0, 0.05) is 19.3 Å². The van der Waals surface area contributed by atoms with Crippen LogP contribution in [0.4, 0.5) is 0 Å². The lowest BCUT2D eigenvalue weighted by atomic mass is 9.95. The Morgan fingerprint density at radius 2 is 1.52 bits per heavy atom. The lowest BCUT2D eigenvalue weighted by molar-refractivity contribution is 0.0641. The van der Waals surface area contributed by atoms with E-state index >= 15 is 0 Å². The molecular weight excluding hydrogens is 346 g/mol. The Balaban J connectivity index is 1.72. The van der Waals surface area contributed by atoms with Gasteiger partial charge < -0.3 is 0 Å². The van der Waals surface area contributed by atoms with E-state index in [0.29, 0.717) is 11.1 Å². The van der Waals surface area contributed by atoms with Crippen LogP contribution in [0.2, 0.25) is 0 Å². The third kappa shape index (κ3) is 2.83. The Kier molecular flexibility index (Phi) is 4.30. The molecular formula is C20H21N3O4. The van der Waals surface area contributed by atoms with Gasteiger partial charge in [0.05, 0.1) is 23.2 Å². The molecule has 0 bridgehead atoms. The number of carbonyl (C=O) groups is 2. The van der Waals surface area contributed by atoms with Gasteiger partial charge in [0.2, 0.25) is 0 Å². The van der Waals surface area contributed by atoms with Gasteiger partial charge in [0.1, 0.15) is 0 Å². The third-order valence-electron chi connectivity index (χ3n) is 5.56.